The molecule has 0 saturated heterocycles. The highest BCUT2D eigenvalue weighted by Gasteiger charge is 2.25. The van der Waals surface area contributed by atoms with E-state index in [2.05, 4.69) is 12.1 Å². The van der Waals surface area contributed by atoms with Gasteiger partial charge in [0.1, 0.15) is 0 Å². The average molecular weight is 215 g/mol. The van der Waals surface area contributed by atoms with E-state index in [-0.39, 0.29) is 6.04 Å². The van der Waals surface area contributed by atoms with Gasteiger partial charge >= 0.3 is 0 Å². The van der Waals surface area contributed by atoms with Crippen LogP contribution in [0.25, 0.3) is 10.8 Å². The highest BCUT2D eigenvalue weighted by molar-refractivity contribution is 5.86. The van der Waals surface area contributed by atoms with Gasteiger partial charge in [-0.2, -0.15) is 0 Å². The first-order valence-electron chi connectivity index (χ1n) is 5.46. The van der Waals surface area contributed by atoms with Crippen molar-refractivity contribution in [2.24, 2.45) is 5.73 Å². The molecule has 2 aromatic rings. The Morgan fingerprint density at radius 3 is 2.38 bits per heavy atom. The summed E-state index contributed by atoms with van der Waals surface area (Å²) in [7, 11) is 0. The second kappa shape index (κ2) is 3.89. The van der Waals surface area contributed by atoms with Crippen LogP contribution in [0.2, 0.25) is 0 Å². The molecule has 0 aliphatic rings. The molecule has 0 fully saturated rings. The van der Waals surface area contributed by atoms with E-state index in [0.717, 1.165) is 16.3 Å². The van der Waals surface area contributed by atoms with Crippen LogP contribution >= 0.6 is 0 Å². The number of aliphatic hydroxyl groups is 1. The lowest BCUT2D eigenvalue weighted by atomic mass is 9.89. The van der Waals surface area contributed by atoms with Gasteiger partial charge in [-0.25, -0.2) is 0 Å². The van der Waals surface area contributed by atoms with Crippen molar-refractivity contribution in [3.05, 3.63) is 48.0 Å². The Bertz CT molecular complexity index is 494. The fourth-order valence-corrected chi connectivity index (χ4v) is 1.90. The quantitative estimate of drug-likeness (QED) is 0.809. The molecule has 2 aromatic carbocycles. The SMILES string of the molecule is CC(C)(O)C(N)c1cccc2ccccc12. The summed E-state index contributed by atoms with van der Waals surface area (Å²) in [5.74, 6) is 0. The predicted molar refractivity (Wildman–Crippen MR) is 67.2 cm³/mol. The van der Waals surface area contributed by atoms with E-state index in [1.165, 1.54) is 0 Å². The Morgan fingerprint density at radius 2 is 1.69 bits per heavy atom. The van der Waals surface area contributed by atoms with E-state index >= 15 is 0 Å². The van der Waals surface area contributed by atoms with Gasteiger partial charge in [-0.05, 0) is 30.2 Å². The van der Waals surface area contributed by atoms with Gasteiger partial charge in [-0.15, -0.1) is 0 Å². The molecule has 0 amide bonds. The van der Waals surface area contributed by atoms with Crippen LogP contribution in [0.4, 0.5) is 0 Å². The monoisotopic (exact) mass is 215 g/mol. The van der Waals surface area contributed by atoms with Gasteiger partial charge in [0, 0.05) is 0 Å². The molecule has 0 aliphatic heterocycles. The number of benzene rings is 2. The van der Waals surface area contributed by atoms with E-state index < -0.39 is 5.60 Å². The molecule has 3 N–H and O–H groups in total. The third-order valence-corrected chi connectivity index (χ3v) is 2.92. The first-order chi connectivity index (χ1) is 7.50. The Morgan fingerprint density at radius 1 is 1.06 bits per heavy atom. The first-order valence-corrected chi connectivity index (χ1v) is 5.46. The van der Waals surface area contributed by atoms with Crippen molar-refractivity contribution in [3.8, 4) is 0 Å². The molecule has 0 aromatic heterocycles. The molecule has 1 atom stereocenters. The van der Waals surface area contributed by atoms with E-state index in [1.807, 2.05) is 30.3 Å². The maximum Gasteiger partial charge on any atom is 0.0783 e. The van der Waals surface area contributed by atoms with Gasteiger partial charge in [0.15, 0.2) is 0 Å². The van der Waals surface area contributed by atoms with Crippen molar-refractivity contribution in [1.82, 2.24) is 0 Å². The predicted octanol–water partition coefficient (Wildman–Crippen LogP) is 2.61. The van der Waals surface area contributed by atoms with E-state index in [1.54, 1.807) is 13.8 Å². The van der Waals surface area contributed by atoms with E-state index in [0.29, 0.717) is 0 Å². The molecule has 1 unspecified atom stereocenters. The summed E-state index contributed by atoms with van der Waals surface area (Å²) in [5, 5.41) is 12.2. The Balaban J connectivity index is 2.61. The highest BCUT2D eigenvalue weighted by atomic mass is 16.3. The van der Waals surface area contributed by atoms with Crippen molar-refractivity contribution in [3.63, 3.8) is 0 Å². The summed E-state index contributed by atoms with van der Waals surface area (Å²) in [4.78, 5) is 0. The molecule has 0 aliphatic carbocycles. The zero-order chi connectivity index (χ0) is 11.8. The van der Waals surface area contributed by atoms with Gasteiger partial charge in [-0.3, -0.25) is 0 Å². The van der Waals surface area contributed by atoms with Crippen LogP contribution in [-0.2, 0) is 0 Å². The Kier molecular flexibility index (Phi) is 2.70. The van der Waals surface area contributed by atoms with Gasteiger partial charge in [0.05, 0.1) is 11.6 Å². The summed E-state index contributed by atoms with van der Waals surface area (Å²) in [6, 6.07) is 13.7. The molecule has 0 saturated carbocycles. The van der Waals surface area contributed by atoms with Crippen molar-refractivity contribution in [1.29, 1.82) is 0 Å². The summed E-state index contributed by atoms with van der Waals surface area (Å²) in [6.45, 7) is 3.47. The number of hydrogen-bond donors (Lipinski definition) is 2. The highest BCUT2D eigenvalue weighted by Crippen LogP contribution is 2.29. The Hall–Kier alpha value is -1.38. The molecule has 0 radical (unpaired) electrons. The molecule has 0 heterocycles. The number of hydrogen-bond acceptors (Lipinski definition) is 2. The molecule has 84 valence electrons. The number of fused-ring (bicyclic) bond motifs is 1. The smallest absolute Gasteiger partial charge is 0.0783 e. The molecule has 16 heavy (non-hydrogen) atoms. The van der Waals surface area contributed by atoms with Gasteiger partial charge in [0.2, 0.25) is 0 Å². The fraction of sp³-hybridized carbons (Fsp3) is 0.286. The van der Waals surface area contributed by atoms with Crippen LogP contribution in [0.5, 0.6) is 0 Å². The van der Waals surface area contributed by atoms with Crippen LogP contribution in [-0.4, -0.2) is 10.7 Å². The standard InChI is InChI=1S/C14H17NO/c1-14(2,16)13(15)12-9-5-7-10-6-3-4-8-11(10)12/h3-9,13,16H,15H2,1-2H3. The molecular weight excluding hydrogens is 198 g/mol. The molecule has 2 heteroatoms. The van der Waals surface area contributed by atoms with Gasteiger partial charge in [-0.1, -0.05) is 42.5 Å². The lowest BCUT2D eigenvalue weighted by Crippen LogP contribution is -2.35. The van der Waals surface area contributed by atoms with Gasteiger partial charge < -0.3 is 10.8 Å². The topological polar surface area (TPSA) is 46.2 Å². The van der Waals surface area contributed by atoms with Crippen LogP contribution in [0.3, 0.4) is 0 Å². The lowest BCUT2D eigenvalue weighted by Gasteiger charge is -2.27. The third-order valence-electron chi connectivity index (χ3n) is 2.92. The van der Waals surface area contributed by atoms with E-state index in [9.17, 15) is 5.11 Å². The Labute approximate surface area is 95.7 Å². The zero-order valence-electron chi connectivity index (χ0n) is 9.64. The second-order valence-electron chi connectivity index (χ2n) is 4.70. The average Bonchev–Trinajstić information content (AvgIpc) is 2.26. The maximum atomic E-state index is 9.97. The van der Waals surface area contributed by atoms with Crippen molar-refractivity contribution >= 4 is 10.8 Å². The van der Waals surface area contributed by atoms with Crippen molar-refractivity contribution in [2.75, 3.05) is 0 Å². The summed E-state index contributed by atoms with van der Waals surface area (Å²) in [5.41, 5.74) is 6.17. The normalized spacial score (nSPS) is 14.0. The third kappa shape index (κ3) is 1.94. The molecule has 0 bridgehead atoms. The lowest BCUT2D eigenvalue weighted by molar-refractivity contribution is 0.0522. The summed E-state index contributed by atoms with van der Waals surface area (Å²) >= 11 is 0. The molecule has 2 rings (SSSR count). The largest absolute Gasteiger partial charge is 0.388 e. The first kappa shape index (κ1) is 11.1. The minimum atomic E-state index is -0.913. The molecule has 2 nitrogen and oxygen atoms in total. The van der Waals surface area contributed by atoms with Gasteiger partial charge in [0.25, 0.3) is 0 Å². The molecule has 0 spiro atoms. The van der Waals surface area contributed by atoms with Crippen molar-refractivity contribution < 1.29 is 5.11 Å². The number of rotatable bonds is 2. The second-order valence-corrected chi connectivity index (χ2v) is 4.70. The van der Waals surface area contributed by atoms with E-state index in [4.69, 9.17) is 5.73 Å². The molecular formula is C14H17NO. The van der Waals surface area contributed by atoms with Crippen LogP contribution in [0.15, 0.2) is 42.5 Å². The van der Waals surface area contributed by atoms with Crippen LogP contribution in [0, 0.1) is 0 Å². The summed E-state index contributed by atoms with van der Waals surface area (Å²) in [6.07, 6.45) is 0. The maximum absolute atomic E-state index is 9.97. The fourth-order valence-electron chi connectivity index (χ4n) is 1.90. The van der Waals surface area contributed by atoms with Crippen LogP contribution < -0.4 is 5.73 Å². The minimum Gasteiger partial charge on any atom is -0.388 e. The number of nitrogens with two attached hydrogens (primary N) is 1. The summed E-state index contributed by atoms with van der Waals surface area (Å²) < 4.78 is 0. The van der Waals surface area contributed by atoms with Crippen molar-refractivity contribution in [2.45, 2.75) is 25.5 Å². The zero-order valence-corrected chi connectivity index (χ0v) is 9.64. The van der Waals surface area contributed by atoms with Crippen LogP contribution in [0.1, 0.15) is 25.5 Å². The minimum absolute atomic E-state index is 0.376.